The monoisotopic (exact) mass is 301 g/mol. The zero-order valence-corrected chi connectivity index (χ0v) is 13.0. The maximum atomic E-state index is 12.2. The Hall–Kier alpha value is -1.88. The third-order valence-electron chi connectivity index (χ3n) is 4.49. The summed E-state index contributed by atoms with van der Waals surface area (Å²) in [6.07, 6.45) is 5.38. The molecule has 1 fully saturated rings. The third-order valence-corrected chi connectivity index (χ3v) is 4.49. The number of aromatic nitrogens is 1. The van der Waals surface area contributed by atoms with Gasteiger partial charge in [-0.3, -0.25) is 4.79 Å². The number of hydrogen-bond acceptors (Lipinski definition) is 4. The van der Waals surface area contributed by atoms with Crippen molar-refractivity contribution in [1.29, 1.82) is 0 Å². The summed E-state index contributed by atoms with van der Waals surface area (Å²) in [5.74, 6) is 0.610. The van der Waals surface area contributed by atoms with Crippen molar-refractivity contribution in [2.75, 3.05) is 6.54 Å². The van der Waals surface area contributed by atoms with Gasteiger partial charge in [-0.2, -0.15) is 0 Å². The molecule has 0 atom stereocenters. The van der Waals surface area contributed by atoms with Crippen LogP contribution in [0.4, 0.5) is 0 Å². The number of nitrogens with one attached hydrogen (secondary N) is 1. The van der Waals surface area contributed by atoms with Crippen LogP contribution in [0.15, 0.2) is 22.6 Å². The molecule has 0 spiro atoms. The fourth-order valence-corrected chi connectivity index (χ4v) is 3.11. The van der Waals surface area contributed by atoms with E-state index in [1.54, 1.807) is 0 Å². The summed E-state index contributed by atoms with van der Waals surface area (Å²) in [4.78, 5) is 16.7. The van der Waals surface area contributed by atoms with Crippen LogP contribution >= 0.6 is 0 Å². The van der Waals surface area contributed by atoms with Crippen molar-refractivity contribution in [3.05, 3.63) is 29.7 Å². The molecule has 3 N–H and O–H groups in total. The highest BCUT2D eigenvalue weighted by molar-refractivity contribution is 5.86. The molecule has 0 saturated heterocycles. The second-order valence-electron chi connectivity index (χ2n) is 6.25. The van der Waals surface area contributed by atoms with E-state index in [0.29, 0.717) is 18.9 Å². The van der Waals surface area contributed by atoms with Crippen LogP contribution in [-0.2, 0) is 11.2 Å². The van der Waals surface area contributed by atoms with E-state index >= 15 is 0 Å². The molecule has 1 aliphatic rings. The molecule has 0 aliphatic heterocycles. The number of aryl methyl sites for hydroxylation is 1. The van der Waals surface area contributed by atoms with E-state index in [1.165, 1.54) is 6.42 Å². The van der Waals surface area contributed by atoms with Gasteiger partial charge in [-0.15, -0.1) is 0 Å². The first kappa shape index (κ1) is 15.0. The van der Waals surface area contributed by atoms with E-state index < -0.39 is 5.54 Å². The van der Waals surface area contributed by atoms with Crippen LogP contribution in [0.2, 0.25) is 0 Å². The molecule has 0 unspecified atom stereocenters. The highest BCUT2D eigenvalue weighted by Gasteiger charge is 2.34. The van der Waals surface area contributed by atoms with E-state index in [4.69, 9.17) is 10.2 Å². The van der Waals surface area contributed by atoms with Crippen molar-refractivity contribution in [3.63, 3.8) is 0 Å². The lowest BCUT2D eigenvalue weighted by Crippen LogP contribution is -2.55. The van der Waals surface area contributed by atoms with Crippen molar-refractivity contribution < 1.29 is 9.21 Å². The first-order valence-corrected chi connectivity index (χ1v) is 8.01. The number of amides is 1. The number of nitrogens with zero attached hydrogens (tertiary/aromatic N) is 1. The lowest BCUT2D eigenvalue weighted by atomic mass is 9.82. The van der Waals surface area contributed by atoms with Gasteiger partial charge in [-0.1, -0.05) is 31.4 Å². The highest BCUT2D eigenvalue weighted by Crippen LogP contribution is 2.26. The van der Waals surface area contributed by atoms with E-state index in [0.717, 1.165) is 42.3 Å². The minimum Gasteiger partial charge on any atom is -0.441 e. The molecule has 1 aromatic heterocycles. The molecule has 1 aliphatic carbocycles. The molecule has 1 amide bonds. The number of para-hydroxylation sites is 1. The lowest BCUT2D eigenvalue weighted by Gasteiger charge is -2.31. The number of nitrogens with two attached hydrogens (primary N) is 1. The number of carbonyl (C=O) groups excluding carboxylic acids is 1. The van der Waals surface area contributed by atoms with Gasteiger partial charge in [0.05, 0.1) is 5.54 Å². The van der Waals surface area contributed by atoms with E-state index in [-0.39, 0.29) is 5.91 Å². The van der Waals surface area contributed by atoms with Gasteiger partial charge in [0.1, 0.15) is 5.52 Å². The first-order chi connectivity index (χ1) is 10.6. The average Bonchev–Trinajstić information content (AvgIpc) is 2.92. The van der Waals surface area contributed by atoms with Gasteiger partial charge in [-0.05, 0) is 31.4 Å². The largest absolute Gasteiger partial charge is 0.441 e. The molecule has 1 heterocycles. The average molecular weight is 301 g/mol. The Morgan fingerprint density at radius 1 is 1.36 bits per heavy atom. The van der Waals surface area contributed by atoms with Crippen molar-refractivity contribution >= 4 is 17.0 Å². The standard InChI is InChI=1S/C17H23N3O2/c1-12-6-5-7-13-15(12)20-14(22-13)8-11-19-16(21)17(18)9-3-2-4-10-17/h5-7H,2-4,8-11,18H2,1H3,(H,19,21). The fourth-order valence-electron chi connectivity index (χ4n) is 3.11. The van der Waals surface area contributed by atoms with Crippen molar-refractivity contribution in [2.45, 2.75) is 51.0 Å². The Bertz CT molecular complexity index is 672. The molecule has 0 bridgehead atoms. The normalized spacial score (nSPS) is 17.5. The number of hydrogen-bond donors (Lipinski definition) is 2. The minimum atomic E-state index is -0.684. The maximum Gasteiger partial charge on any atom is 0.240 e. The lowest BCUT2D eigenvalue weighted by molar-refractivity contribution is -0.127. The maximum absolute atomic E-state index is 12.2. The molecule has 1 aromatic carbocycles. The molecule has 5 nitrogen and oxygen atoms in total. The van der Waals surface area contributed by atoms with Gasteiger partial charge in [0.25, 0.3) is 0 Å². The summed E-state index contributed by atoms with van der Waals surface area (Å²) in [7, 11) is 0. The van der Waals surface area contributed by atoms with Gasteiger partial charge in [0.15, 0.2) is 11.5 Å². The smallest absolute Gasteiger partial charge is 0.240 e. The van der Waals surface area contributed by atoms with Crippen LogP contribution in [0.1, 0.15) is 43.6 Å². The number of carbonyl (C=O) groups is 1. The van der Waals surface area contributed by atoms with Crippen LogP contribution in [-0.4, -0.2) is 23.0 Å². The Morgan fingerprint density at radius 3 is 2.86 bits per heavy atom. The molecule has 0 radical (unpaired) electrons. The number of benzene rings is 1. The third kappa shape index (κ3) is 2.99. The summed E-state index contributed by atoms with van der Waals surface area (Å²) in [5, 5.41) is 2.94. The van der Waals surface area contributed by atoms with Gasteiger partial charge in [0, 0.05) is 13.0 Å². The highest BCUT2D eigenvalue weighted by atomic mass is 16.3. The molecular weight excluding hydrogens is 278 g/mol. The fraction of sp³-hybridized carbons (Fsp3) is 0.529. The molecule has 2 aromatic rings. The summed E-state index contributed by atoms with van der Waals surface area (Å²) < 4.78 is 5.71. The summed E-state index contributed by atoms with van der Waals surface area (Å²) in [6.45, 7) is 2.52. The predicted octanol–water partition coefficient (Wildman–Crippen LogP) is 2.46. The minimum absolute atomic E-state index is 0.0421. The topological polar surface area (TPSA) is 81.2 Å². The summed E-state index contributed by atoms with van der Waals surface area (Å²) >= 11 is 0. The molecule has 5 heteroatoms. The zero-order chi connectivity index (χ0) is 15.6. The number of fused-ring (bicyclic) bond motifs is 1. The van der Waals surface area contributed by atoms with Crippen LogP contribution in [0.3, 0.4) is 0 Å². The number of rotatable bonds is 4. The van der Waals surface area contributed by atoms with Gasteiger partial charge >= 0.3 is 0 Å². The Labute approximate surface area is 130 Å². The van der Waals surface area contributed by atoms with E-state index in [1.807, 2.05) is 25.1 Å². The van der Waals surface area contributed by atoms with Gasteiger partial charge in [0.2, 0.25) is 5.91 Å². The number of oxazole rings is 1. The first-order valence-electron chi connectivity index (χ1n) is 8.01. The molecular formula is C17H23N3O2. The van der Waals surface area contributed by atoms with Crippen LogP contribution in [0.5, 0.6) is 0 Å². The van der Waals surface area contributed by atoms with Crippen molar-refractivity contribution in [1.82, 2.24) is 10.3 Å². The quantitative estimate of drug-likeness (QED) is 0.909. The second-order valence-corrected chi connectivity index (χ2v) is 6.25. The molecule has 22 heavy (non-hydrogen) atoms. The molecule has 3 rings (SSSR count). The Kier molecular flexibility index (Phi) is 4.16. The summed E-state index contributed by atoms with van der Waals surface area (Å²) in [6, 6.07) is 5.88. The zero-order valence-electron chi connectivity index (χ0n) is 13.0. The van der Waals surface area contributed by atoms with Crippen molar-refractivity contribution in [3.8, 4) is 0 Å². The van der Waals surface area contributed by atoms with Crippen LogP contribution in [0, 0.1) is 6.92 Å². The molecule has 118 valence electrons. The van der Waals surface area contributed by atoms with Crippen LogP contribution < -0.4 is 11.1 Å². The van der Waals surface area contributed by atoms with Crippen molar-refractivity contribution in [2.24, 2.45) is 5.73 Å². The predicted molar refractivity (Wildman–Crippen MR) is 85.5 cm³/mol. The SMILES string of the molecule is Cc1cccc2oc(CCNC(=O)C3(N)CCCCC3)nc12. The second kappa shape index (κ2) is 6.08. The molecule has 1 saturated carbocycles. The van der Waals surface area contributed by atoms with Crippen LogP contribution in [0.25, 0.3) is 11.1 Å². The van der Waals surface area contributed by atoms with Gasteiger partial charge in [-0.25, -0.2) is 4.98 Å². The van der Waals surface area contributed by atoms with E-state index in [2.05, 4.69) is 10.3 Å². The Morgan fingerprint density at radius 2 is 2.14 bits per heavy atom. The summed E-state index contributed by atoms with van der Waals surface area (Å²) in [5.41, 5.74) is 8.31. The van der Waals surface area contributed by atoms with Gasteiger partial charge < -0.3 is 15.5 Å². The van der Waals surface area contributed by atoms with E-state index in [9.17, 15) is 4.79 Å². The Balaban J connectivity index is 1.58.